The van der Waals surface area contributed by atoms with E-state index < -0.39 is 47.3 Å². The van der Waals surface area contributed by atoms with Crippen molar-refractivity contribution in [2.24, 2.45) is 0 Å². The van der Waals surface area contributed by atoms with Gasteiger partial charge in [-0.15, -0.1) is 0 Å². The molecule has 10 heteroatoms. The van der Waals surface area contributed by atoms with Crippen LogP contribution in [0.5, 0.6) is 0 Å². The lowest BCUT2D eigenvalue weighted by molar-refractivity contribution is -0.137. The number of halogens is 3. The molecule has 0 bridgehead atoms. The van der Waals surface area contributed by atoms with Crippen LogP contribution in [0.1, 0.15) is 38.3 Å². The second-order valence-corrected chi connectivity index (χ2v) is 8.17. The highest BCUT2D eigenvalue weighted by Crippen LogP contribution is 2.29. The van der Waals surface area contributed by atoms with Crippen molar-refractivity contribution in [1.82, 2.24) is 10.2 Å². The highest BCUT2D eigenvalue weighted by molar-refractivity contribution is 5.91. The van der Waals surface area contributed by atoms with Gasteiger partial charge in [-0.05, 0) is 38.5 Å². The molecule has 1 heterocycles. The second kappa shape index (κ2) is 9.03. The number of alkyl halides is 3. The minimum atomic E-state index is -4.46. The van der Waals surface area contributed by atoms with Crippen LogP contribution in [-0.2, 0) is 26.9 Å². The number of hydrogen-bond donors (Lipinski definition) is 2. The number of aliphatic hydroxyl groups excluding tert-OH is 1. The molecule has 2 rings (SSSR count). The van der Waals surface area contributed by atoms with Crippen LogP contribution in [-0.4, -0.2) is 58.6 Å². The van der Waals surface area contributed by atoms with Gasteiger partial charge in [0.25, 0.3) is 0 Å². The number of nitrogens with one attached hydrogen (secondary N) is 1. The Morgan fingerprint density at radius 1 is 1.17 bits per heavy atom. The number of ketones is 1. The van der Waals surface area contributed by atoms with E-state index in [1.165, 1.54) is 12.1 Å². The van der Waals surface area contributed by atoms with Crippen LogP contribution >= 0.6 is 0 Å². The molecule has 1 aliphatic heterocycles. The number of Topliss-reactive ketones (excluding diaryl/α,β-unsaturated/α-hetero) is 1. The zero-order chi connectivity index (χ0) is 22.7. The Morgan fingerprint density at radius 2 is 1.77 bits per heavy atom. The summed E-state index contributed by atoms with van der Waals surface area (Å²) in [6, 6.07) is 3.22. The largest absolute Gasteiger partial charge is 0.444 e. The Balaban J connectivity index is 1.90. The molecule has 2 atom stereocenters. The fourth-order valence-corrected chi connectivity index (χ4v) is 2.99. The zero-order valence-electron chi connectivity index (χ0n) is 17.0. The van der Waals surface area contributed by atoms with E-state index in [4.69, 9.17) is 4.74 Å². The van der Waals surface area contributed by atoms with Gasteiger partial charge in [0.15, 0.2) is 5.78 Å². The van der Waals surface area contributed by atoms with Crippen molar-refractivity contribution < 1.29 is 37.4 Å². The Morgan fingerprint density at radius 3 is 2.30 bits per heavy atom. The standard InChI is InChI=1S/C20H25F3N2O5/c1-19(2,3)30-18(29)25-11-15(27)9-16(25)17(28)24-10-14(26)8-12-4-6-13(7-5-12)20(21,22)23/h4-7,15-16,27H,8-11H2,1-3H3,(H,24,28)/t15-,16+/m1/s1. The minimum absolute atomic E-state index is 0.0121. The number of carbonyl (C=O) groups is 3. The Hall–Kier alpha value is -2.62. The number of rotatable bonds is 5. The number of nitrogens with zero attached hydrogens (tertiary/aromatic N) is 1. The van der Waals surface area contributed by atoms with Gasteiger partial charge in [-0.3, -0.25) is 14.5 Å². The monoisotopic (exact) mass is 430 g/mol. The van der Waals surface area contributed by atoms with E-state index in [9.17, 15) is 32.7 Å². The van der Waals surface area contributed by atoms with E-state index in [2.05, 4.69) is 5.32 Å². The first-order valence-corrected chi connectivity index (χ1v) is 9.39. The van der Waals surface area contributed by atoms with Gasteiger partial charge >= 0.3 is 12.3 Å². The third-order valence-electron chi connectivity index (χ3n) is 4.35. The van der Waals surface area contributed by atoms with E-state index in [0.29, 0.717) is 5.56 Å². The third-order valence-corrected chi connectivity index (χ3v) is 4.35. The molecule has 0 aromatic heterocycles. The summed E-state index contributed by atoms with van der Waals surface area (Å²) in [4.78, 5) is 37.9. The summed E-state index contributed by atoms with van der Waals surface area (Å²) in [7, 11) is 0. The molecule has 1 aliphatic rings. The quantitative estimate of drug-likeness (QED) is 0.748. The van der Waals surface area contributed by atoms with E-state index >= 15 is 0 Å². The maximum absolute atomic E-state index is 12.6. The van der Waals surface area contributed by atoms with E-state index in [1.807, 2.05) is 0 Å². The lowest BCUT2D eigenvalue weighted by atomic mass is 10.1. The highest BCUT2D eigenvalue weighted by atomic mass is 19.4. The normalized spacial score (nSPS) is 19.5. The lowest BCUT2D eigenvalue weighted by Gasteiger charge is -2.27. The summed E-state index contributed by atoms with van der Waals surface area (Å²) < 4.78 is 43.0. The molecule has 1 aromatic rings. The predicted octanol–water partition coefficient (Wildman–Crippen LogP) is 2.30. The minimum Gasteiger partial charge on any atom is -0.444 e. The average Bonchev–Trinajstić information content (AvgIpc) is 3.00. The molecule has 1 aromatic carbocycles. The number of amides is 2. The van der Waals surface area contributed by atoms with Crippen molar-refractivity contribution in [3.63, 3.8) is 0 Å². The van der Waals surface area contributed by atoms with E-state index in [1.54, 1.807) is 20.8 Å². The average molecular weight is 430 g/mol. The van der Waals surface area contributed by atoms with Crippen molar-refractivity contribution in [2.45, 2.75) is 57.5 Å². The molecular weight excluding hydrogens is 405 g/mol. The van der Waals surface area contributed by atoms with E-state index in [0.717, 1.165) is 17.0 Å². The molecule has 1 saturated heterocycles. The number of benzene rings is 1. The van der Waals surface area contributed by atoms with Crippen LogP contribution in [0.2, 0.25) is 0 Å². The van der Waals surface area contributed by atoms with Gasteiger partial charge in [0.2, 0.25) is 5.91 Å². The van der Waals surface area contributed by atoms with E-state index in [-0.39, 0.29) is 25.9 Å². The summed E-state index contributed by atoms with van der Waals surface area (Å²) in [6.07, 6.45) is -6.23. The molecule has 0 spiro atoms. The number of carbonyl (C=O) groups excluding carboxylic acids is 3. The van der Waals surface area contributed by atoms with Gasteiger partial charge < -0.3 is 15.2 Å². The van der Waals surface area contributed by atoms with Crippen LogP contribution < -0.4 is 5.32 Å². The molecule has 0 aliphatic carbocycles. The van der Waals surface area contributed by atoms with Crippen molar-refractivity contribution in [3.8, 4) is 0 Å². The summed E-state index contributed by atoms with van der Waals surface area (Å²) >= 11 is 0. The third kappa shape index (κ3) is 6.72. The molecular formula is C20H25F3N2O5. The number of likely N-dealkylation sites (tertiary alicyclic amines) is 1. The van der Waals surface area contributed by atoms with Gasteiger partial charge in [-0.1, -0.05) is 12.1 Å². The molecule has 2 amide bonds. The maximum atomic E-state index is 12.6. The fourth-order valence-electron chi connectivity index (χ4n) is 2.99. The Bertz CT molecular complexity index is 787. The first-order chi connectivity index (χ1) is 13.8. The first-order valence-electron chi connectivity index (χ1n) is 9.39. The molecule has 30 heavy (non-hydrogen) atoms. The molecule has 2 N–H and O–H groups in total. The van der Waals surface area contributed by atoms with Crippen molar-refractivity contribution in [2.75, 3.05) is 13.1 Å². The zero-order valence-corrected chi connectivity index (χ0v) is 17.0. The molecule has 7 nitrogen and oxygen atoms in total. The Kier molecular flexibility index (Phi) is 7.12. The second-order valence-electron chi connectivity index (χ2n) is 8.17. The summed E-state index contributed by atoms with van der Waals surface area (Å²) in [5.74, 6) is -1.02. The fraction of sp³-hybridized carbons (Fsp3) is 0.550. The molecule has 0 saturated carbocycles. The summed E-state index contributed by atoms with van der Waals surface area (Å²) in [5, 5.41) is 12.3. The van der Waals surface area contributed by atoms with Crippen molar-refractivity contribution in [1.29, 1.82) is 0 Å². The smallest absolute Gasteiger partial charge is 0.416 e. The predicted molar refractivity (Wildman–Crippen MR) is 101 cm³/mol. The highest BCUT2D eigenvalue weighted by Gasteiger charge is 2.40. The molecule has 0 unspecified atom stereocenters. The van der Waals surface area contributed by atoms with Crippen molar-refractivity contribution >= 4 is 17.8 Å². The molecule has 1 fully saturated rings. The molecule has 0 radical (unpaired) electrons. The first kappa shape index (κ1) is 23.7. The van der Waals surface area contributed by atoms with Crippen LogP contribution in [0, 0.1) is 0 Å². The maximum Gasteiger partial charge on any atom is 0.416 e. The summed E-state index contributed by atoms with van der Waals surface area (Å²) in [5.41, 5.74) is -1.20. The lowest BCUT2D eigenvalue weighted by Crippen LogP contribution is -2.48. The van der Waals surface area contributed by atoms with Gasteiger partial charge in [0, 0.05) is 12.8 Å². The van der Waals surface area contributed by atoms with Crippen LogP contribution in [0.25, 0.3) is 0 Å². The number of hydrogen-bond acceptors (Lipinski definition) is 5. The van der Waals surface area contributed by atoms with Crippen LogP contribution in [0.4, 0.5) is 18.0 Å². The van der Waals surface area contributed by atoms with Gasteiger partial charge in [0.1, 0.15) is 11.6 Å². The Labute approximate surface area is 172 Å². The van der Waals surface area contributed by atoms with Crippen LogP contribution in [0.3, 0.4) is 0 Å². The van der Waals surface area contributed by atoms with Crippen molar-refractivity contribution in [3.05, 3.63) is 35.4 Å². The number of β-amino-alcohol motifs (C(OH)–C–C–N with tert-alkyl or cyclic N) is 1. The number of ether oxygens (including phenoxy) is 1. The SMILES string of the molecule is CC(C)(C)OC(=O)N1C[C@H](O)C[C@H]1C(=O)NCC(=O)Cc1ccc(C(F)(F)F)cc1. The topological polar surface area (TPSA) is 95.9 Å². The molecule has 166 valence electrons. The van der Waals surface area contributed by atoms with Gasteiger partial charge in [-0.25, -0.2) is 4.79 Å². The number of aliphatic hydroxyl groups is 1. The summed E-state index contributed by atoms with van der Waals surface area (Å²) in [6.45, 7) is 4.60. The van der Waals surface area contributed by atoms with Gasteiger partial charge in [0.05, 0.1) is 24.8 Å². The van der Waals surface area contributed by atoms with Gasteiger partial charge in [-0.2, -0.15) is 13.2 Å². The van der Waals surface area contributed by atoms with Crippen LogP contribution in [0.15, 0.2) is 24.3 Å².